The number of allylic oxidation sites excluding steroid dienone is 1. The summed E-state index contributed by atoms with van der Waals surface area (Å²) >= 11 is 0. The van der Waals surface area contributed by atoms with Crippen LogP contribution in [0.3, 0.4) is 0 Å². The Morgan fingerprint density at radius 2 is 1.90 bits per heavy atom. The van der Waals surface area contributed by atoms with Gasteiger partial charge in [0, 0.05) is 18.4 Å². The predicted molar refractivity (Wildman–Crippen MR) is 176 cm³/mol. The average molecular weight is 699 g/mol. The van der Waals surface area contributed by atoms with Gasteiger partial charge >= 0.3 is 6.09 Å². The van der Waals surface area contributed by atoms with Crippen LogP contribution in [0.2, 0.25) is 0 Å². The van der Waals surface area contributed by atoms with E-state index in [4.69, 9.17) is 9.47 Å². The number of hydrogen-bond acceptors (Lipinski definition) is 10. The molecular formula is C33H42N6O9S. The van der Waals surface area contributed by atoms with Gasteiger partial charge in [-0.05, 0) is 62.5 Å². The smallest absolute Gasteiger partial charge is 0.405 e. The van der Waals surface area contributed by atoms with Gasteiger partial charge in [-0.2, -0.15) is 0 Å². The molecule has 0 radical (unpaired) electrons. The monoisotopic (exact) mass is 698 g/mol. The van der Waals surface area contributed by atoms with Gasteiger partial charge in [0.2, 0.25) is 27.7 Å². The molecule has 4 amide bonds. The molecule has 2 unspecified atom stereocenters. The molecule has 3 heterocycles. The van der Waals surface area contributed by atoms with Crippen molar-refractivity contribution in [2.24, 2.45) is 17.8 Å². The minimum atomic E-state index is -3.90. The van der Waals surface area contributed by atoms with Crippen molar-refractivity contribution in [3.05, 3.63) is 36.7 Å². The van der Waals surface area contributed by atoms with Crippen molar-refractivity contribution in [3.8, 4) is 11.6 Å². The summed E-state index contributed by atoms with van der Waals surface area (Å²) < 4.78 is 39.3. The highest BCUT2D eigenvalue weighted by molar-refractivity contribution is 7.91. The van der Waals surface area contributed by atoms with Gasteiger partial charge < -0.3 is 30.1 Å². The quantitative estimate of drug-likeness (QED) is 0.308. The second-order valence-corrected chi connectivity index (χ2v) is 15.7. The number of sulfonamides is 1. The van der Waals surface area contributed by atoms with Crippen LogP contribution in [0.15, 0.2) is 36.7 Å². The summed E-state index contributed by atoms with van der Waals surface area (Å²) in [7, 11) is -2.36. The molecule has 49 heavy (non-hydrogen) atoms. The molecule has 15 nitrogen and oxygen atoms in total. The van der Waals surface area contributed by atoms with Crippen LogP contribution in [0.4, 0.5) is 4.79 Å². The summed E-state index contributed by atoms with van der Waals surface area (Å²) in [5, 5.41) is 14.9. The van der Waals surface area contributed by atoms with E-state index in [9.17, 15) is 32.7 Å². The number of amides is 4. The number of rotatable bonds is 7. The highest BCUT2D eigenvalue weighted by atomic mass is 32.2. The number of fused-ring (bicyclic) bond motifs is 3. The molecule has 0 spiro atoms. The molecule has 6 rings (SSSR count). The van der Waals surface area contributed by atoms with E-state index in [2.05, 4.69) is 25.3 Å². The van der Waals surface area contributed by atoms with Gasteiger partial charge in [-0.1, -0.05) is 26.0 Å². The van der Waals surface area contributed by atoms with Crippen molar-refractivity contribution in [1.82, 2.24) is 30.2 Å². The predicted octanol–water partition coefficient (Wildman–Crippen LogP) is 2.12. The Morgan fingerprint density at radius 3 is 2.61 bits per heavy atom. The van der Waals surface area contributed by atoms with Gasteiger partial charge in [-0.3, -0.25) is 19.1 Å². The van der Waals surface area contributed by atoms with E-state index in [0.717, 1.165) is 6.42 Å². The molecule has 2 aromatic rings. The number of nitrogens with zero attached hydrogens (tertiary/aromatic N) is 3. The molecule has 0 bridgehead atoms. The Bertz CT molecular complexity index is 1780. The Balaban J connectivity index is 1.33. The molecule has 4 N–H and O–H groups in total. The summed E-state index contributed by atoms with van der Waals surface area (Å²) in [6.45, 7) is 3.76. The largest absolute Gasteiger partial charge is 0.497 e. The SMILES string of the molecule is COc1ccc2c(O[C@@H]3C[C@H]4C(=O)NC5(C(=O)NS(=O)(=O)C6CC6)CC5/C=C\CC[C@@H](C)C[C@@H](C)[C@H](NC(=O)O)C(=O)N4C3)ncnc2c1. The van der Waals surface area contributed by atoms with Crippen molar-refractivity contribution < 1.29 is 42.2 Å². The molecule has 264 valence electrons. The van der Waals surface area contributed by atoms with E-state index in [1.807, 2.05) is 19.1 Å². The number of benzene rings is 1. The van der Waals surface area contributed by atoms with E-state index >= 15 is 0 Å². The topological polar surface area (TPSA) is 206 Å². The Kier molecular flexibility index (Phi) is 9.44. The summed E-state index contributed by atoms with van der Waals surface area (Å²) in [5.74, 6) is -2.00. The number of nitrogens with one attached hydrogen (secondary N) is 3. The number of carboxylic acid groups (broad SMARTS) is 1. The van der Waals surface area contributed by atoms with E-state index in [0.29, 0.717) is 42.3 Å². The molecule has 2 aliphatic heterocycles. The minimum Gasteiger partial charge on any atom is -0.497 e. The van der Waals surface area contributed by atoms with Crippen LogP contribution >= 0.6 is 0 Å². The molecule has 1 aromatic heterocycles. The molecule has 2 saturated carbocycles. The number of carbonyl (C=O) groups excluding carboxylic acids is 3. The molecule has 3 fully saturated rings. The summed E-state index contributed by atoms with van der Waals surface area (Å²) in [4.78, 5) is 63.9. The zero-order valence-electron chi connectivity index (χ0n) is 27.6. The fourth-order valence-electron chi connectivity index (χ4n) is 7.02. The van der Waals surface area contributed by atoms with Crippen LogP contribution in [0.1, 0.15) is 58.8 Å². The van der Waals surface area contributed by atoms with Gasteiger partial charge in [0.15, 0.2) is 0 Å². The van der Waals surface area contributed by atoms with Gasteiger partial charge in [-0.25, -0.2) is 23.2 Å². The first kappa shape index (κ1) is 34.4. The fourth-order valence-corrected chi connectivity index (χ4v) is 8.39. The zero-order chi connectivity index (χ0) is 35.1. The van der Waals surface area contributed by atoms with Crippen LogP contribution in [0.5, 0.6) is 11.6 Å². The van der Waals surface area contributed by atoms with Crippen LogP contribution in [0.25, 0.3) is 10.9 Å². The van der Waals surface area contributed by atoms with Crippen molar-refractivity contribution in [1.29, 1.82) is 0 Å². The van der Waals surface area contributed by atoms with Gasteiger partial charge in [0.25, 0.3) is 5.91 Å². The Morgan fingerprint density at radius 1 is 1.12 bits per heavy atom. The number of aromatic nitrogens is 2. The Hall–Kier alpha value is -4.47. The average Bonchev–Trinajstić information content (AvgIpc) is 3.98. The number of ether oxygens (including phenoxy) is 2. The van der Waals surface area contributed by atoms with E-state index in [1.54, 1.807) is 25.1 Å². The number of methoxy groups -OCH3 is 1. The third kappa shape index (κ3) is 7.28. The molecule has 1 aromatic carbocycles. The van der Waals surface area contributed by atoms with E-state index < -0.39 is 74.7 Å². The van der Waals surface area contributed by atoms with Crippen molar-refractivity contribution in [2.45, 2.75) is 87.8 Å². The van der Waals surface area contributed by atoms with Crippen molar-refractivity contribution in [2.75, 3.05) is 13.7 Å². The zero-order valence-corrected chi connectivity index (χ0v) is 28.4. The minimum absolute atomic E-state index is 0.00236. The first-order chi connectivity index (χ1) is 23.3. The van der Waals surface area contributed by atoms with Gasteiger partial charge in [-0.15, -0.1) is 0 Å². The summed E-state index contributed by atoms with van der Waals surface area (Å²) in [6.07, 6.45) is 6.03. The third-order valence-electron chi connectivity index (χ3n) is 9.98. The van der Waals surface area contributed by atoms with Crippen LogP contribution < -0.4 is 24.8 Å². The number of carbonyl (C=O) groups is 4. The first-order valence-corrected chi connectivity index (χ1v) is 18.2. The highest BCUT2D eigenvalue weighted by Crippen LogP contribution is 2.46. The fraction of sp³-hybridized carbons (Fsp3) is 0.576. The van der Waals surface area contributed by atoms with E-state index in [1.165, 1.54) is 18.3 Å². The summed E-state index contributed by atoms with van der Waals surface area (Å²) in [5.41, 5.74) is -0.968. The van der Waals surface area contributed by atoms with Crippen molar-refractivity contribution in [3.63, 3.8) is 0 Å². The normalized spacial score (nSPS) is 31.3. The first-order valence-electron chi connectivity index (χ1n) is 16.6. The summed E-state index contributed by atoms with van der Waals surface area (Å²) in [6, 6.07) is 2.88. The van der Waals surface area contributed by atoms with E-state index in [-0.39, 0.29) is 31.2 Å². The second kappa shape index (κ2) is 13.4. The lowest BCUT2D eigenvalue weighted by Gasteiger charge is -2.32. The lowest BCUT2D eigenvalue weighted by Crippen LogP contribution is -2.59. The van der Waals surface area contributed by atoms with Crippen LogP contribution in [-0.4, -0.2) is 94.8 Å². The van der Waals surface area contributed by atoms with Gasteiger partial charge in [0.1, 0.15) is 35.8 Å². The second-order valence-electron chi connectivity index (χ2n) is 13.7. The van der Waals surface area contributed by atoms with Crippen LogP contribution in [-0.2, 0) is 24.4 Å². The maximum atomic E-state index is 14.3. The third-order valence-corrected chi connectivity index (χ3v) is 11.8. The maximum Gasteiger partial charge on any atom is 0.405 e. The lowest BCUT2D eigenvalue weighted by molar-refractivity contribution is -0.142. The molecule has 7 atom stereocenters. The molecular weight excluding hydrogens is 656 g/mol. The lowest BCUT2D eigenvalue weighted by atomic mass is 9.88. The molecule has 16 heteroatoms. The maximum absolute atomic E-state index is 14.3. The number of hydrogen-bond donors (Lipinski definition) is 4. The van der Waals surface area contributed by atoms with Crippen LogP contribution in [0, 0.1) is 17.8 Å². The molecule has 1 saturated heterocycles. The van der Waals surface area contributed by atoms with Gasteiger partial charge in [0.05, 0.1) is 29.8 Å². The Labute approximate surface area is 284 Å². The highest BCUT2D eigenvalue weighted by Gasteiger charge is 2.62. The molecule has 2 aliphatic carbocycles. The molecule has 4 aliphatic rings. The van der Waals surface area contributed by atoms with Crippen molar-refractivity contribution >= 4 is 44.7 Å². The standard InChI is InChI=1S/C33H42N6O9S/c1-18-6-4-5-7-20-15-33(20,31(42)38-49(45,46)23-9-10-23)37-28(40)26-14-22(16-39(26)30(41)27(19(2)12-18)36-32(43)44)48-29-24-11-8-21(47-3)13-25(24)34-17-35-29/h5,7-8,11,13,17-20,22-23,26-27,36H,4,6,9-10,12,14-16H2,1-3H3,(H,37,40)(H,38,42)(H,43,44)/b7-5-/t18-,19-,20?,22-,26+,27+,33?/m1/s1.